The predicted octanol–water partition coefficient (Wildman–Crippen LogP) is 2.57. The van der Waals surface area contributed by atoms with Gasteiger partial charge in [0.25, 0.3) is 0 Å². The highest BCUT2D eigenvalue weighted by molar-refractivity contribution is 5.53. The number of nitrogens with zero attached hydrogens (tertiary/aromatic N) is 2. The Morgan fingerprint density at radius 3 is 3.12 bits per heavy atom. The van der Waals surface area contributed by atoms with E-state index in [4.69, 9.17) is 0 Å². The third-order valence-corrected chi connectivity index (χ3v) is 3.60. The van der Waals surface area contributed by atoms with Crippen LogP contribution in [0.15, 0.2) is 18.5 Å². The number of hydrogen-bond acceptors (Lipinski definition) is 3. The molecule has 3 nitrogen and oxygen atoms in total. The quantitative estimate of drug-likeness (QED) is 0.847. The number of pyridine rings is 1. The number of hydrogen-bond donors (Lipinski definition) is 1. The third-order valence-electron chi connectivity index (χ3n) is 3.60. The molecule has 2 heterocycles. The van der Waals surface area contributed by atoms with Gasteiger partial charge in [0.2, 0.25) is 0 Å². The molecule has 1 atom stereocenters. The number of rotatable bonds is 5. The summed E-state index contributed by atoms with van der Waals surface area (Å²) in [6.07, 6.45) is 7.81. The van der Waals surface area contributed by atoms with E-state index in [0.717, 1.165) is 19.1 Å². The van der Waals surface area contributed by atoms with Gasteiger partial charge >= 0.3 is 0 Å². The first-order chi connectivity index (χ1) is 8.36. The molecule has 0 aromatic carbocycles. The Morgan fingerprint density at radius 1 is 1.47 bits per heavy atom. The van der Waals surface area contributed by atoms with Gasteiger partial charge in [0.1, 0.15) is 0 Å². The summed E-state index contributed by atoms with van der Waals surface area (Å²) in [5.41, 5.74) is 2.71. The van der Waals surface area contributed by atoms with Gasteiger partial charge in [-0.15, -0.1) is 0 Å². The lowest BCUT2D eigenvalue weighted by Gasteiger charge is -2.28. The van der Waals surface area contributed by atoms with Crippen LogP contribution >= 0.6 is 0 Å². The average molecular weight is 233 g/mol. The minimum atomic E-state index is 0.720. The summed E-state index contributed by atoms with van der Waals surface area (Å²) in [5.74, 6) is 0. The van der Waals surface area contributed by atoms with Gasteiger partial charge < -0.3 is 10.2 Å². The third kappa shape index (κ3) is 2.78. The van der Waals surface area contributed by atoms with Gasteiger partial charge in [-0.1, -0.05) is 13.8 Å². The summed E-state index contributed by atoms with van der Waals surface area (Å²) < 4.78 is 0. The van der Waals surface area contributed by atoms with Crippen LogP contribution in [0.1, 0.15) is 38.7 Å². The molecule has 0 amide bonds. The van der Waals surface area contributed by atoms with Crippen LogP contribution in [-0.2, 0) is 6.54 Å². The molecule has 1 fully saturated rings. The van der Waals surface area contributed by atoms with Crippen molar-refractivity contribution >= 4 is 5.69 Å². The lowest BCUT2D eigenvalue weighted by atomic mass is 10.1. The molecule has 1 saturated heterocycles. The summed E-state index contributed by atoms with van der Waals surface area (Å²) in [6, 6.07) is 2.89. The van der Waals surface area contributed by atoms with Crippen molar-refractivity contribution in [3.63, 3.8) is 0 Å². The van der Waals surface area contributed by atoms with Crippen molar-refractivity contribution in [2.75, 3.05) is 18.0 Å². The Labute approximate surface area is 104 Å². The van der Waals surface area contributed by atoms with Crippen molar-refractivity contribution in [1.82, 2.24) is 10.3 Å². The van der Waals surface area contributed by atoms with Crippen LogP contribution in [0.2, 0.25) is 0 Å². The lowest BCUT2D eigenvalue weighted by molar-refractivity contribution is 0.639. The summed E-state index contributed by atoms with van der Waals surface area (Å²) in [6.45, 7) is 7.55. The Balaban J connectivity index is 2.18. The van der Waals surface area contributed by atoms with E-state index in [1.165, 1.54) is 37.1 Å². The maximum absolute atomic E-state index is 4.25. The Bertz CT molecular complexity index is 351. The van der Waals surface area contributed by atoms with E-state index in [1.54, 1.807) is 0 Å². The van der Waals surface area contributed by atoms with Crippen molar-refractivity contribution in [2.24, 2.45) is 0 Å². The normalized spacial score (nSPS) is 19.9. The predicted molar refractivity (Wildman–Crippen MR) is 72.3 cm³/mol. The van der Waals surface area contributed by atoms with Gasteiger partial charge in [-0.3, -0.25) is 4.98 Å². The molecule has 2 rings (SSSR count). The van der Waals surface area contributed by atoms with E-state index >= 15 is 0 Å². The minimum Gasteiger partial charge on any atom is -0.368 e. The fraction of sp³-hybridized carbons (Fsp3) is 0.643. The second kappa shape index (κ2) is 6.01. The van der Waals surface area contributed by atoms with Gasteiger partial charge in [-0.05, 0) is 31.9 Å². The van der Waals surface area contributed by atoms with Crippen LogP contribution in [0.4, 0.5) is 5.69 Å². The zero-order chi connectivity index (χ0) is 12.1. The second-order valence-electron chi connectivity index (χ2n) is 4.68. The maximum atomic E-state index is 4.25. The fourth-order valence-electron chi connectivity index (χ4n) is 2.67. The van der Waals surface area contributed by atoms with Crippen molar-refractivity contribution in [1.29, 1.82) is 0 Å². The molecule has 17 heavy (non-hydrogen) atoms. The van der Waals surface area contributed by atoms with Crippen LogP contribution in [0.25, 0.3) is 0 Å². The molecule has 1 aliphatic rings. The molecular formula is C14H23N3. The molecule has 3 heteroatoms. The Kier molecular flexibility index (Phi) is 4.37. The first-order valence-electron chi connectivity index (χ1n) is 6.77. The molecule has 1 N–H and O–H groups in total. The molecule has 0 spiro atoms. The maximum Gasteiger partial charge on any atom is 0.0445 e. The molecule has 0 bridgehead atoms. The number of nitrogens with one attached hydrogen (secondary N) is 1. The van der Waals surface area contributed by atoms with E-state index in [1.807, 2.05) is 12.4 Å². The minimum absolute atomic E-state index is 0.720. The summed E-state index contributed by atoms with van der Waals surface area (Å²) >= 11 is 0. The second-order valence-corrected chi connectivity index (χ2v) is 4.68. The molecular weight excluding hydrogens is 210 g/mol. The molecule has 1 aromatic heterocycles. The van der Waals surface area contributed by atoms with Gasteiger partial charge in [0, 0.05) is 42.8 Å². The van der Waals surface area contributed by atoms with Crippen LogP contribution < -0.4 is 10.2 Å². The zero-order valence-electron chi connectivity index (χ0n) is 10.9. The topological polar surface area (TPSA) is 28.2 Å². The lowest BCUT2D eigenvalue weighted by Crippen LogP contribution is -2.30. The molecule has 0 radical (unpaired) electrons. The van der Waals surface area contributed by atoms with Gasteiger partial charge in [-0.2, -0.15) is 0 Å². The van der Waals surface area contributed by atoms with Gasteiger partial charge in [-0.25, -0.2) is 0 Å². The first kappa shape index (κ1) is 12.4. The standard InChI is InChI=1S/C14H23N3/c1-3-13-6-5-9-17(13)14-7-8-16-11-12(14)10-15-4-2/h7-8,11,13,15H,3-6,9-10H2,1-2H3. The van der Waals surface area contributed by atoms with Crippen molar-refractivity contribution in [3.05, 3.63) is 24.0 Å². The van der Waals surface area contributed by atoms with E-state index in [9.17, 15) is 0 Å². The summed E-state index contributed by atoms with van der Waals surface area (Å²) in [4.78, 5) is 6.82. The molecule has 0 aliphatic carbocycles. The first-order valence-corrected chi connectivity index (χ1v) is 6.77. The zero-order valence-corrected chi connectivity index (χ0v) is 10.9. The molecule has 94 valence electrons. The number of aromatic nitrogens is 1. The van der Waals surface area contributed by atoms with Crippen molar-refractivity contribution in [2.45, 2.75) is 45.7 Å². The molecule has 0 saturated carbocycles. The van der Waals surface area contributed by atoms with Gasteiger partial charge in [0.05, 0.1) is 0 Å². The van der Waals surface area contributed by atoms with E-state index in [-0.39, 0.29) is 0 Å². The molecule has 1 aromatic rings. The van der Waals surface area contributed by atoms with Crippen LogP contribution in [0.3, 0.4) is 0 Å². The van der Waals surface area contributed by atoms with E-state index < -0.39 is 0 Å². The van der Waals surface area contributed by atoms with Crippen LogP contribution in [0.5, 0.6) is 0 Å². The van der Waals surface area contributed by atoms with Crippen molar-refractivity contribution < 1.29 is 0 Å². The largest absolute Gasteiger partial charge is 0.368 e. The highest BCUT2D eigenvalue weighted by atomic mass is 15.2. The SMILES string of the molecule is CCNCc1cnccc1N1CCCC1CC. The fourth-order valence-corrected chi connectivity index (χ4v) is 2.67. The van der Waals surface area contributed by atoms with E-state index in [0.29, 0.717) is 0 Å². The van der Waals surface area contributed by atoms with Crippen LogP contribution in [-0.4, -0.2) is 24.1 Å². The Morgan fingerprint density at radius 2 is 2.35 bits per heavy atom. The van der Waals surface area contributed by atoms with Crippen molar-refractivity contribution in [3.8, 4) is 0 Å². The average Bonchev–Trinajstić information content (AvgIpc) is 2.84. The highest BCUT2D eigenvalue weighted by Gasteiger charge is 2.24. The summed E-state index contributed by atoms with van der Waals surface area (Å²) in [7, 11) is 0. The Hall–Kier alpha value is -1.09. The van der Waals surface area contributed by atoms with Crippen LogP contribution in [0, 0.1) is 0 Å². The summed E-state index contributed by atoms with van der Waals surface area (Å²) in [5, 5.41) is 3.39. The van der Waals surface area contributed by atoms with E-state index in [2.05, 4.69) is 35.1 Å². The number of anilines is 1. The van der Waals surface area contributed by atoms with Gasteiger partial charge in [0.15, 0.2) is 0 Å². The highest BCUT2D eigenvalue weighted by Crippen LogP contribution is 2.29. The molecule has 1 unspecified atom stereocenters. The molecule has 1 aliphatic heterocycles. The monoisotopic (exact) mass is 233 g/mol. The smallest absolute Gasteiger partial charge is 0.0445 e.